The van der Waals surface area contributed by atoms with Crippen LogP contribution >= 0.6 is 0 Å². The van der Waals surface area contributed by atoms with Crippen molar-refractivity contribution >= 4 is 5.91 Å². The van der Waals surface area contributed by atoms with Crippen molar-refractivity contribution in [2.45, 2.75) is 32.7 Å². The Balaban J connectivity index is 4.07. The first kappa shape index (κ1) is 11.7. The van der Waals surface area contributed by atoms with Crippen LogP contribution in [0.5, 0.6) is 0 Å². The van der Waals surface area contributed by atoms with Crippen LogP contribution in [0.3, 0.4) is 0 Å². The van der Waals surface area contributed by atoms with Crippen LogP contribution in [-0.2, 0) is 4.79 Å². The molecule has 3 nitrogen and oxygen atoms in total. The van der Waals surface area contributed by atoms with Crippen LogP contribution in [-0.4, -0.2) is 11.9 Å². The van der Waals surface area contributed by atoms with E-state index < -0.39 is 5.92 Å². The molecular weight excluding hydrogens is 164 g/mol. The van der Waals surface area contributed by atoms with Crippen LogP contribution in [0, 0.1) is 17.2 Å². The van der Waals surface area contributed by atoms with Gasteiger partial charge in [-0.3, -0.25) is 4.79 Å². The molecule has 2 atom stereocenters. The van der Waals surface area contributed by atoms with Gasteiger partial charge in [-0.2, -0.15) is 5.26 Å². The maximum absolute atomic E-state index is 11.4. The summed E-state index contributed by atoms with van der Waals surface area (Å²) in [5.74, 6) is -0.718. The quantitative estimate of drug-likeness (QED) is 0.653. The van der Waals surface area contributed by atoms with Gasteiger partial charge in [0.2, 0.25) is 5.91 Å². The summed E-state index contributed by atoms with van der Waals surface area (Å²) in [6.45, 7) is 7.32. The minimum Gasteiger partial charge on any atom is -0.349 e. The van der Waals surface area contributed by atoms with Gasteiger partial charge in [0.05, 0.1) is 6.07 Å². The number of carbonyl (C=O) groups excluding carboxylic acids is 1. The lowest BCUT2D eigenvalue weighted by molar-refractivity contribution is -0.123. The number of amides is 1. The second-order valence-electron chi connectivity index (χ2n) is 3.00. The predicted molar refractivity (Wildman–Crippen MR) is 51.8 cm³/mol. The van der Waals surface area contributed by atoms with Crippen LogP contribution in [0.1, 0.15) is 26.7 Å². The van der Waals surface area contributed by atoms with Crippen LogP contribution < -0.4 is 5.32 Å². The van der Waals surface area contributed by atoms with Gasteiger partial charge in [-0.25, -0.2) is 0 Å². The molecule has 0 aliphatic rings. The van der Waals surface area contributed by atoms with E-state index in [9.17, 15) is 4.79 Å². The summed E-state index contributed by atoms with van der Waals surface area (Å²) in [6.07, 6.45) is 3.10. The SMILES string of the molecule is C=CC(C)NC(=O)C(C#N)CCC. The Kier molecular flexibility index (Phi) is 5.62. The van der Waals surface area contributed by atoms with E-state index in [0.717, 1.165) is 6.42 Å². The number of hydrogen-bond acceptors (Lipinski definition) is 2. The summed E-state index contributed by atoms with van der Waals surface area (Å²) in [4.78, 5) is 11.4. The van der Waals surface area contributed by atoms with E-state index in [2.05, 4.69) is 11.9 Å². The van der Waals surface area contributed by atoms with Gasteiger partial charge in [-0.05, 0) is 13.3 Å². The van der Waals surface area contributed by atoms with E-state index in [1.165, 1.54) is 0 Å². The molecular formula is C10H16N2O. The summed E-state index contributed by atoms with van der Waals surface area (Å²) in [7, 11) is 0. The molecule has 1 N–H and O–H groups in total. The third kappa shape index (κ3) is 4.32. The fraction of sp³-hybridized carbons (Fsp3) is 0.600. The zero-order chi connectivity index (χ0) is 10.3. The van der Waals surface area contributed by atoms with Crippen molar-refractivity contribution in [3.63, 3.8) is 0 Å². The molecule has 2 unspecified atom stereocenters. The highest BCUT2D eigenvalue weighted by molar-refractivity contribution is 5.81. The molecule has 0 aliphatic heterocycles. The van der Waals surface area contributed by atoms with Gasteiger partial charge in [-0.1, -0.05) is 19.4 Å². The molecule has 0 spiro atoms. The van der Waals surface area contributed by atoms with Gasteiger partial charge in [0.1, 0.15) is 5.92 Å². The molecule has 0 saturated heterocycles. The van der Waals surface area contributed by atoms with Crippen molar-refractivity contribution in [1.82, 2.24) is 5.32 Å². The normalized spacial score (nSPS) is 13.9. The highest BCUT2D eigenvalue weighted by Crippen LogP contribution is 2.05. The lowest BCUT2D eigenvalue weighted by Gasteiger charge is -2.12. The Morgan fingerprint density at radius 3 is 2.77 bits per heavy atom. The average molecular weight is 180 g/mol. The van der Waals surface area contributed by atoms with Crippen molar-refractivity contribution in [3.05, 3.63) is 12.7 Å². The second kappa shape index (κ2) is 6.24. The van der Waals surface area contributed by atoms with Crippen molar-refractivity contribution < 1.29 is 4.79 Å². The Morgan fingerprint density at radius 1 is 1.77 bits per heavy atom. The number of hydrogen-bond donors (Lipinski definition) is 1. The maximum atomic E-state index is 11.4. The summed E-state index contributed by atoms with van der Waals surface area (Å²) in [5.41, 5.74) is 0. The summed E-state index contributed by atoms with van der Waals surface area (Å²) < 4.78 is 0. The van der Waals surface area contributed by atoms with E-state index in [1.54, 1.807) is 6.08 Å². The van der Waals surface area contributed by atoms with Crippen molar-refractivity contribution in [2.75, 3.05) is 0 Å². The third-order valence-electron chi connectivity index (χ3n) is 1.77. The predicted octanol–water partition coefficient (Wildman–Crippen LogP) is 1.62. The lowest BCUT2D eigenvalue weighted by Crippen LogP contribution is -2.35. The zero-order valence-corrected chi connectivity index (χ0v) is 8.21. The van der Waals surface area contributed by atoms with Crippen LogP contribution in [0.2, 0.25) is 0 Å². The number of nitrogens with one attached hydrogen (secondary N) is 1. The standard InChI is InChI=1S/C10H16N2O/c1-4-6-9(7-11)10(13)12-8(3)5-2/h5,8-9H,2,4,6H2,1,3H3,(H,12,13). The van der Waals surface area contributed by atoms with Gasteiger partial charge >= 0.3 is 0 Å². The van der Waals surface area contributed by atoms with Crippen LogP contribution in [0.15, 0.2) is 12.7 Å². The third-order valence-corrected chi connectivity index (χ3v) is 1.77. The Bertz CT molecular complexity index is 217. The van der Waals surface area contributed by atoms with Gasteiger partial charge in [-0.15, -0.1) is 6.58 Å². The first-order chi connectivity index (χ1) is 6.15. The Hall–Kier alpha value is -1.30. The largest absolute Gasteiger partial charge is 0.349 e. The summed E-state index contributed by atoms with van der Waals surface area (Å²) in [5, 5.41) is 11.4. The molecule has 0 aromatic carbocycles. The van der Waals surface area contributed by atoms with Gasteiger partial charge in [0, 0.05) is 6.04 Å². The molecule has 72 valence electrons. The van der Waals surface area contributed by atoms with E-state index in [-0.39, 0.29) is 11.9 Å². The molecule has 0 rings (SSSR count). The topological polar surface area (TPSA) is 52.9 Å². The molecule has 1 amide bonds. The first-order valence-electron chi connectivity index (χ1n) is 4.48. The van der Waals surface area contributed by atoms with Crippen LogP contribution in [0.4, 0.5) is 0 Å². The molecule has 0 aromatic rings. The lowest BCUT2D eigenvalue weighted by atomic mass is 10.0. The van der Waals surface area contributed by atoms with Gasteiger partial charge < -0.3 is 5.32 Å². The molecule has 0 radical (unpaired) electrons. The molecule has 0 bridgehead atoms. The summed E-state index contributed by atoms with van der Waals surface area (Å²) in [6, 6.07) is 1.92. The Labute approximate surface area is 79.4 Å². The average Bonchev–Trinajstić information content (AvgIpc) is 2.13. The van der Waals surface area contributed by atoms with Crippen molar-refractivity contribution in [1.29, 1.82) is 5.26 Å². The molecule has 3 heteroatoms. The number of nitrogens with zero attached hydrogens (tertiary/aromatic N) is 1. The molecule has 0 fully saturated rings. The highest BCUT2D eigenvalue weighted by Gasteiger charge is 2.16. The fourth-order valence-corrected chi connectivity index (χ4v) is 0.927. The maximum Gasteiger partial charge on any atom is 0.237 e. The Morgan fingerprint density at radius 2 is 2.38 bits per heavy atom. The molecule has 0 aromatic heterocycles. The minimum absolute atomic E-state index is 0.0693. The number of carbonyl (C=O) groups is 1. The van der Waals surface area contributed by atoms with E-state index in [1.807, 2.05) is 19.9 Å². The zero-order valence-electron chi connectivity index (χ0n) is 8.21. The molecule has 0 saturated carbocycles. The summed E-state index contributed by atoms with van der Waals surface area (Å²) >= 11 is 0. The van der Waals surface area contributed by atoms with E-state index >= 15 is 0 Å². The van der Waals surface area contributed by atoms with Gasteiger partial charge in [0.25, 0.3) is 0 Å². The number of rotatable bonds is 5. The van der Waals surface area contributed by atoms with Crippen molar-refractivity contribution in [2.24, 2.45) is 5.92 Å². The molecule has 0 heterocycles. The van der Waals surface area contributed by atoms with E-state index in [4.69, 9.17) is 5.26 Å². The fourth-order valence-electron chi connectivity index (χ4n) is 0.927. The minimum atomic E-state index is -0.521. The highest BCUT2D eigenvalue weighted by atomic mass is 16.1. The molecule has 13 heavy (non-hydrogen) atoms. The van der Waals surface area contributed by atoms with Crippen LogP contribution in [0.25, 0.3) is 0 Å². The first-order valence-corrected chi connectivity index (χ1v) is 4.48. The van der Waals surface area contributed by atoms with Gasteiger partial charge in [0.15, 0.2) is 0 Å². The molecule has 0 aliphatic carbocycles. The van der Waals surface area contributed by atoms with Crippen molar-refractivity contribution in [3.8, 4) is 6.07 Å². The smallest absolute Gasteiger partial charge is 0.237 e. The van der Waals surface area contributed by atoms with E-state index in [0.29, 0.717) is 6.42 Å². The second-order valence-corrected chi connectivity index (χ2v) is 3.00. The monoisotopic (exact) mass is 180 g/mol. The number of nitriles is 1.